The third-order valence-corrected chi connectivity index (χ3v) is 4.92. The summed E-state index contributed by atoms with van der Waals surface area (Å²) in [5.41, 5.74) is 4.75. The van der Waals surface area contributed by atoms with E-state index < -0.39 is 0 Å². The van der Waals surface area contributed by atoms with Crippen LogP contribution in [0.5, 0.6) is 0 Å². The molecule has 1 heterocycles. The number of aliphatic imine (C=N–C) groups is 1. The molecule has 1 atom stereocenters. The van der Waals surface area contributed by atoms with Crippen molar-refractivity contribution in [1.29, 1.82) is 0 Å². The van der Waals surface area contributed by atoms with E-state index in [0.717, 1.165) is 24.2 Å². The van der Waals surface area contributed by atoms with E-state index in [1.54, 1.807) is 12.1 Å². The van der Waals surface area contributed by atoms with Gasteiger partial charge in [0.2, 0.25) is 0 Å². The predicted octanol–water partition coefficient (Wildman–Crippen LogP) is 5.69. The fourth-order valence-corrected chi connectivity index (χ4v) is 3.86. The minimum Gasteiger partial charge on any atom is -0.366 e. The Labute approximate surface area is 144 Å². The molecule has 0 saturated heterocycles. The van der Waals surface area contributed by atoms with Crippen LogP contribution in [0.25, 0.3) is 0 Å². The number of halogens is 1. The minimum atomic E-state index is -0.237. The summed E-state index contributed by atoms with van der Waals surface area (Å²) >= 11 is 0. The molecule has 0 spiro atoms. The Hall–Kier alpha value is -2.16. The van der Waals surface area contributed by atoms with Crippen molar-refractivity contribution in [3.05, 3.63) is 59.4 Å². The van der Waals surface area contributed by atoms with Crippen molar-refractivity contribution >= 4 is 17.6 Å². The number of hydrogen-bond acceptors (Lipinski definition) is 2. The molecule has 0 N–H and O–H groups in total. The van der Waals surface area contributed by atoms with Gasteiger partial charge in [0.15, 0.2) is 0 Å². The Balaban J connectivity index is 1.91. The quantitative estimate of drug-likeness (QED) is 0.662. The third kappa shape index (κ3) is 3.21. The molecule has 0 radical (unpaired) electrons. The molecule has 0 aliphatic carbocycles. The fourth-order valence-electron chi connectivity index (χ4n) is 3.86. The van der Waals surface area contributed by atoms with Gasteiger partial charge < -0.3 is 4.90 Å². The Morgan fingerprint density at radius 3 is 2.58 bits per heavy atom. The molecule has 0 saturated carbocycles. The first kappa shape index (κ1) is 16.7. The summed E-state index contributed by atoms with van der Waals surface area (Å²) in [6.07, 6.45) is 3.00. The van der Waals surface area contributed by atoms with Crippen LogP contribution in [-0.4, -0.2) is 18.3 Å². The van der Waals surface area contributed by atoms with E-state index in [0.29, 0.717) is 5.92 Å². The maximum atomic E-state index is 13.0. The average Bonchev–Trinajstić information content (AvgIpc) is 2.54. The van der Waals surface area contributed by atoms with Gasteiger partial charge in [0.25, 0.3) is 0 Å². The van der Waals surface area contributed by atoms with Gasteiger partial charge in [-0.3, -0.25) is 4.99 Å². The molecule has 24 heavy (non-hydrogen) atoms. The molecule has 0 amide bonds. The molecular formula is C21H25FN2. The Morgan fingerprint density at radius 2 is 1.92 bits per heavy atom. The van der Waals surface area contributed by atoms with Gasteiger partial charge in [0.05, 0.1) is 5.69 Å². The molecule has 2 nitrogen and oxygen atoms in total. The van der Waals surface area contributed by atoms with Crippen molar-refractivity contribution in [2.24, 2.45) is 4.99 Å². The second-order valence-electron chi connectivity index (χ2n) is 7.21. The Morgan fingerprint density at radius 1 is 1.21 bits per heavy atom. The van der Waals surface area contributed by atoms with Crippen molar-refractivity contribution in [3.8, 4) is 0 Å². The fraction of sp³-hybridized carbons (Fsp3) is 0.381. The zero-order valence-electron chi connectivity index (χ0n) is 14.9. The van der Waals surface area contributed by atoms with Crippen LogP contribution in [0, 0.1) is 5.82 Å². The monoisotopic (exact) mass is 324 g/mol. The first-order chi connectivity index (χ1) is 11.4. The predicted molar refractivity (Wildman–Crippen MR) is 100 cm³/mol. The molecule has 2 aromatic carbocycles. The largest absolute Gasteiger partial charge is 0.366 e. The SMILES string of the molecule is CCN1c2ccc(C=Nc3ccc(F)cc3)cc2[C@H](C)CC1(C)C. The summed E-state index contributed by atoms with van der Waals surface area (Å²) in [4.78, 5) is 6.94. The van der Waals surface area contributed by atoms with Crippen LogP contribution in [0.1, 0.15) is 51.2 Å². The maximum absolute atomic E-state index is 13.0. The summed E-state index contributed by atoms with van der Waals surface area (Å²) in [7, 11) is 0. The molecule has 3 heteroatoms. The van der Waals surface area contributed by atoms with Crippen molar-refractivity contribution in [2.75, 3.05) is 11.4 Å². The first-order valence-corrected chi connectivity index (χ1v) is 8.62. The van der Waals surface area contributed by atoms with Crippen LogP contribution >= 0.6 is 0 Å². The van der Waals surface area contributed by atoms with Crippen LogP contribution in [0.4, 0.5) is 15.8 Å². The molecule has 3 rings (SSSR count). The van der Waals surface area contributed by atoms with Gasteiger partial charge in [-0.05, 0) is 80.6 Å². The lowest BCUT2D eigenvalue weighted by molar-refractivity contribution is 0.381. The van der Waals surface area contributed by atoms with E-state index in [9.17, 15) is 4.39 Å². The topological polar surface area (TPSA) is 15.6 Å². The molecule has 126 valence electrons. The van der Waals surface area contributed by atoms with Crippen LogP contribution in [-0.2, 0) is 0 Å². The van der Waals surface area contributed by atoms with E-state index in [-0.39, 0.29) is 11.4 Å². The summed E-state index contributed by atoms with van der Waals surface area (Å²) < 4.78 is 13.0. The van der Waals surface area contributed by atoms with Crippen molar-refractivity contribution in [2.45, 2.75) is 45.6 Å². The molecular weight excluding hydrogens is 299 g/mol. The second kappa shape index (κ2) is 6.39. The van der Waals surface area contributed by atoms with E-state index in [4.69, 9.17) is 0 Å². The van der Waals surface area contributed by atoms with E-state index in [2.05, 4.69) is 55.8 Å². The third-order valence-electron chi connectivity index (χ3n) is 4.92. The molecule has 0 unspecified atom stereocenters. The second-order valence-corrected chi connectivity index (χ2v) is 7.21. The van der Waals surface area contributed by atoms with Gasteiger partial charge in [-0.25, -0.2) is 4.39 Å². The van der Waals surface area contributed by atoms with Gasteiger partial charge in [0.1, 0.15) is 5.82 Å². The maximum Gasteiger partial charge on any atom is 0.123 e. The molecule has 1 aliphatic rings. The lowest BCUT2D eigenvalue weighted by Gasteiger charge is -2.47. The van der Waals surface area contributed by atoms with E-state index in [1.807, 2.05) is 6.21 Å². The molecule has 2 aromatic rings. The highest BCUT2D eigenvalue weighted by Gasteiger charge is 2.35. The highest BCUT2D eigenvalue weighted by Crippen LogP contribution is 2.43. The van der Waals surface area contributed by atoms with Crippen molar-refractivity contribution in [1.82, 2.24) is 0 Å². The number of hydrogen-bond donors (Lipinski definition) is 0. The van der Waals surface area contributed by atoms with Crippen LogP contribution < -0.4 is 4.90 Å². The molecule has 0 bridgehead atoms. The summed E-state index contributed by atoms with van der Waals surface area (Å²) in [5.74, 6) is 0.288. The lowest BCUT2D eigenvalue weighted by Crippen LogP contribution is -2.48. The molecule has 0 aromatic heterocycles. The number of benzene rings is 2. The van der Waals surface area contributed by atoms with Gasteiger partial charge in [-0.15, -0.1) is 0 Å². The number of nitrogens with zero attached hydrogens (tertiary/aromatic N) is 2. The lowest BCUT2D eigenvalue weighted by atomic mass is 9.79. The first-order valence-electron chi connectivity index (χ1n) is 8.62. The Kier molecular flexibility index (Phi) is 4.44. The Bertz CT molecular complexity index is 747. The highest BCUT2D eigenvalue weighted by molar-refractivity contribution is 5.83. The van der Waals surface area contributed by atoms with Gasteiger partial charge in [0, 0.05) is 24.0 Å². The minimum absolute atomic E-state index is 0.185. The van der Waals surface area contributed by atoms with Gasteiger partial charge in [-0.2, -0.15) is 0 Å². The standard InChI is InChI=1S/C21H25FN2/c1-5-24-20-11-6-16(12-19(20)15(2)13-21(24,3)4)14-23-18-9-7-17(22)8-10-18/h6-12,14-15H,5,13H2,1-4H3/t15-/m1/s1. The highest BCUT2D eigenvalue weighted by atomic mass is 19.1. The number of fused-ring (bicyclic) bond motifs is 1. The number of rotatable bonds is 3. The smallest absolute Gasteiger partial charge is 0.123 e. The molecule has 1 aliphatic heterocycles. The van der Waals surface area contributed by atoms with Gasteiger partial charge >= 0.3 is 0 Å². The zero-order valence-corrected chi connectivity index (χ0v) is 14.9. The summed E-state index contributed by atoms with van der Waals surface area (Å²) in [6, 6.07) is 12.8. The summed E-state index contributed by atoms with van der Waals surface area (Å²) in [6.45, 7) is 10.2. The van der Waals surface area contributed by atoms with Crippen molar-refractivity contribution < 1.29 is 4.39 Å². The van der Waals surface area contributed by atoms with E-state index >= 15 is 0 Å². The number of anilines is 1. The zero-order chi connectivity index (χ0) is 17.3. The molecule has 0 fully saturated rings. The van der Waals surface area contributed by atoms with Crippen LogP contribution in [0.3, 0.4) is 0 Å². The van der Waals surface area contributed by atoms with Crippen LogP contribution in [0.15, 0.2) is 47.5 Å². The summed E-state index contributed by atoms with van der Waals surface area (Å²) in [5, 5.41) is 0. The van der Waals surface area contributed by atoms with Crippen molar-refractivity contribution in [3.63, 3.8) is 0 Å². The van der Waals surface area contributed by atoms with E-state index in [1.165, 1.54) is 23.4 Å². The normalized spacial score (nSPS) is 19.5. The average molecular weight is 324 g/mol. The van der Waals surface area contributed by atoms with Crippen LogP contribution in [0.2, 0.25) is 0 Å². The van der Waals surface area contributed by atoms with Gasteiger partial charge in [-0.1, -0.05) is 13.0 Å².